The van der Waals surface area contributed by atoms with Gasteiger partial charge in [0.1, 0.15) is 5.01 Å². The van der Waals surface area contributed by atoms with Crippen LogP contribution in [0.2, 0.25) is 0 Å². The van der Waals surface area contributed by atoms with Crippen LogP contribution in [-0.2, 0) is 6.54 Å². The maximum atomic E-state index is 5.52. The van der Waals surface area contributed by atoms with E-state index in [0.717, 1.165) is 10.9 Å². The summed E-state index contributed by atoms with van der Waals surface area (Å²) in [5.74, 6) is 1.20. The van der Waals surface area contributed by atoms with Crippen LogP contribution in [0.3, 0.4) is 0 Å². The Bertz CT molecular complexity index is 340. The first-order chi connectivity index (χ1) is 6.79. The fraction of sp³-hybridized carbons (Fsp3) is 0.556. The maximum Gasteiger partial charge on any atom is 0.188 e. The molecule has 2 rings (SSSR count). The highest BCUT2D eigenvalue weighted by Crippen LogP contribution is 2.40. The molecule has 0 amide bonds. The molecule has 0 atom stereocenters. The monoisotopic (exact) mass is 210 g/mol. The molecule has 5 heteroatoms. The minimum Gasteiger partial charge on any atom is -0.370 e. The van der Waals surface area contributed by atoms with Crippen molar-refractivity contribution in [3.05, 3.63) is 16.1 Å². The Kier molecular flexibility index (Phi) is 2.67. The number of guanidine groups is 1. The van der Waals surface area contributed by atoms with Crippen molar-refractivity contribution in [3.8, 4) is 0 Å². The summed E-state index contributed by atoms with van der Waals surface area (Å²) in [7, 11) is 1.67. The van der Waals surface area contributed by atoms with Gasteiger partial charge in [0.05, 0.1) is 12.2 Å². The van der Waals surface area contributed by atoms with Crippen LogP contribution in [0.1, 0.15) is 29.5 Å². The van der Waals surface area contributed by atoms with Crippen LogP contribution >= 0.6 is 11.3 Å². The highest BCUT2D eigenvalue weighted by molar-refractivity contribution is 7.09. The van der Waals surface area contributed by atoms with Crippen LogP contribution < -0.4 is 11.1 Å². The topological polar surface area (TPSA) is 63.3 Å². The molecule has 76 valence electrons. The van der Waals surface area contributed by atoms with Gasteiger partial charge in [-0.3, -0.25) is 4.99 Å². The molecule has 1 aliphatic carbocycles. The molecule has 0 spiro atoms. The molecular formula is C9H14N4S. The Balaban J connectivity index is 1.89. The predicted octanol–water partition coefficient (Wildman–Crippen LogP) is 1.05. The Labute approximate surface area is 87.3 Å². The number of hydrogen-bond donors (Lipinski definition) is 2. The second kappa shape index (κ2) is 3.96. The highest BCUT2D eigenvalue weighted by Gasteiger charge is 2.25. The van der Waals surface area contributed by atoms with Crippen LogP contribution in [0.25, 0.3) is 0 Å². The summed E-state index contributed by atoms with van der Waals surface area (Å²) in [6.07, 6.45) is 2.60. The SMILES string of the molecule is CN=C(N)NCc1nc(C2CC2)cs1. The van der Waals surface area contributed by atoms with Gasteiger partial charge in [-0.05, 0) is 12.8 Å². The van der Waals surface area contributed by atoms with Gasteiger partial charge in [-0.1, -0.05) is 0 Å². The first-order valence-electron chi connectivity index (χ1n) is 4.70. The number of thiazole rings is 1. The zero-order valence-electron chi connectivity index (χ0n) is 8.16. The van der Waals surface area contributed by atoms with E-state index in [1.165, 1.54) is 18.5 Å². The summed E-state index contributed by atoms with van der Waals surface area (Å²) in [6, 6.07) is 0. The van der Waals surface area contributed by atoms with E-state index >= 15 is 0 Å². The molecule has 4 nitrogen and oxygen atoms in total. The Hall–Kier alpha value is -1.10. The molecule has 0 bridgehead atoms. The standard InChI is InChI=1S/C9H14N4S/c1-11-9(10)12-4-8-13-7(5-14-8)6-2-3-6/h5-6H,2-4H2,1H3,(H3,10,11,12). The molecular weight excluding hydrogens is 196 g/mol. The molecule has 0 radical (unpaired) electrons. The van der Waals surface area contributed by atoms with Gasteiger partial charge in [-0.25, -0.2) is 4.98 Å². The lowest BCUT2D eigenvalue weighted by Crippen LogP contribution is -2.30. The van der Waals surface area contributed by atoms with E-state index in [2.05, 4.69) is 20.7 Å². The number of nitrogens with one attached hydrogen (secondary N) is 1. The van der Waals surface area contributed by atoms with E-state index in [-0.39, 0.29) is 0 Å². The number of aliphatic imine (C=N–C) groups is 1. The number of aromatic nitrogens is 1. The van der Waals surface area contributed by atoms with Gasteiger partial charge in [0.15, 0.2) is 5.96 Å². The molecule has 1 aliphatic rings. The summed E-state index contributed by atoms with van der Waals surface area (Å²) in [6.45, 7) is 0.681. The zero-order valence-corrected chi connectivity index (χ0v) is 8.97. The lowest BCUT2D eigenvalue weighted by Gasteiger charge is -2.00. The molecule has 1 saturated carbocycles. The Morgan fingerprint density at radius 1 is 1.79 bits per heavy atom. The molecule has 0 aromatic carbocycles. The van der Waals surface area contributed by atoms with Gasteiger partial charge in [-0.2, -0.15) is 0 Å². The van der Waals surface area contributed by atoms with Crippen molar-refractivity contribution in [2.75, 3.05) is 7.05 Å². The molecule has 14 heavy (non-hydrogen) atoms. The lowest BCUT2D eigenvalue weighted by atomic mass is 10.3. The van der Waals surface area contributed by atoms with E-state index < -0.39 is 0 Å². The van der Waals surface area contributed by atoms with Crippen LogP contribution in [0.15, 0.2) is 10.4 Å². The van der Waals surface area contributed by atoms with Crippen LogP contribution in [0.5, 0.6) is 0 Å². The van der Waals surface area contributed by atoms with E-state index in [4.69, 9.17) is 5.73 Å². The molecule has 1 aromatic rings. The zero-order chi connectivity index (χ0) is 9.97. The largest absolute Gasteiger partial charge is 0.370 e. The second-order valence-corrected chi connectivity index (χ2v) is 4.35. The number of hydrogen-bond acceptors (Lipinski definition) is 3. The van der Waals surface area contributed by atoms with Crippen LogP contribution in [0, 0.1) is 0 Å². The van der Waals surface area contributed by atoms with Gasteiger partial charge in [0.2, 0.25) is 0 Å². The molecule has 0 unspecified atom stereocenters. The van der Waals surface area contributed by atoms with Crippen molar-refractivity contribution in [1.82, 2.24) is 10.3 Å². The molecule has 3 N–H and O–H groups in total. The minimum atomic E-state index is 0.466. The van der Waals surface area contributed by atoms with Crippen molar-refractivity contribution in [2.24, 2.45) is 10.7 Å². The summed E-state index contributed by atoms with van der Waals surface area (Å²) in [5, 5.41) is 6.23. The van der Waals surface area contributed by atoms with Gasteiger partial charge in [-0.15, -0.1) is 11.3 Å². The van der Waals surface area contributed by atoms with Crippen molar-refractivity contribution in [1.29, 1.82) is 0 Å². The number of rotatable bonds is 3. The minimum absolute atomic E-state index is 0.466. The Morgan fingerprint density at radius 3 is 3.21 bits per heavy atom. The summed E-state index contributed by atoms with van der Waals surface area (Å²) < 4.78 is 0. The fourth-order valence-electron chi connectivity index (χ4n) is 1.22. The third-order valence-electron chi connectivity index (χ3n) is 2.23. The number of nitrogens with two attached hydrogens (primary N) is 1. The van der Waals surface area contributed by atoms with E-state index in [1.54, 1.807) is 18.4 Å². The first kappa shape index (κ1) is 9.45. The van der Waals surface area contributed by atoms with Crippen molar-refractivity contribution in [2.45, 2.75) is 25.3 Å². The predicted molar refractivity (Wildman–Crippen MR) is 58.5 cm³/mol. The summed E-state index contributed by atoms with van der Waals surface area (Å²) in [4.78, 5) is 8.34. The average Bonchev–Trinajstić information content (AvgIpc) is 2.95. The normalized spacial score (nSPS) is 17.1. The van der Waals surface area contributed by atoms with Crippen LogP contribution in [-0.4, -0.2) is 18.0 Å². The van der Waals surface area contributed by atoms with Gasteiger partial charge < -0.3 is 11.1 Å². The highest BCUT2D eigenvalue weighted by atomic mass is 32.1. The van der Waals surface area contributed by atoms with Gasteiger partial charge in [0, 0.05) is 18.3 Å². The van der Waals surface area contributed by atoms with Gasteiger partial charge >= 0.3 is 0 Å². The molecule has 1 aromatic heterocycles. The van der Waals surface area contributed by atoms with Crippen LogP contribution in [0.4, 0.5) is 0 Å². The lowest BCUT2D eigenvalue weighted by molar-refractivity contribution is 0.873. The van der Waals surface area contributed by atoms with Gasteiger partial charge in [0.25, 0.3) is 0 Å². The maximum absolute atomic E-state index is 5.52. The van der Waals surface area contributed by atoms with Crippen molar-refractivity contribution < 1.29 is 0 Å². The summed E-state index contributed by atoms with van der Waals surface area (Å²) >= 11 is 1.69. The quantitative estimate of drug-likeness (QED) is 0.579. The number of nitrogens with zero attached hydrogens (tertiary/aromatic N) is 2. The van der Waals surface area contributed by atoms with Crippen molar-refractivity contribution in [3.63, 3.8) is 0 Å². The third kappa shape index (κ3) is 2.23. The van der Waals surface area contributed by atoms with E-state index in [1.807, 2.05) is 0 Å². The smallest absolute Gasteiger partial charge is 0.188 e. The van der Waals surface area contributed by atoms with E-state index in [0.29, 0.717) is 12.5 Å². The molecule has 0 aliphatic heterocycles. The molecule has 1 heterocycles. The first-order valence-corrected chi connectivity index (χ1v) is 5.58. The average molecular weight is 210 g/mol. The Morgan fingerprint density at radius 2 is 2.57 bits per heavy atom. The third-order valence-corrected chi connectivity index (χ3v) is 3.09. The fourth-order valence-corrected chi connectivity index (χ4v) is 2.03. The van der Waals surface area contributed by atoms with E-state index in [9.17, 15) is 0 Å². The summed E-state index contributed by atoms with van der Waals surface area (Å²) in [5.41, 5.74) is 6.76. The van der Waals surface area contributed by atoms with Crippen molar-refractivity contribution >= 4 is 17.3 Å². The second-order valence-electron chi connectivity index (χ2n) is 3.40. The molecule has 0 saturated heterocycles. The molecule has 1 fully saturated rings.